The van der Waals surface area contributed by atoms with Crippen molar-refractivity contribution in [2.45, 2.75) is 56.7 Å². The Morgan fingerprint density at radius 2 is 1.67 bits per heavy atom. The maximum Gasteiger partial charge on any atom is 0.341 e. The van der Waals surface area contributed by atoms with Crippen LogP contribution >= 0.6 is 23.2 Å². The van der Waals surface area contributed by atoms with Crippen LogP contribution in [-0.2, 0) is 30.3 Å². The van der Waals surface area contributed by atoms with Crippen LogP contribution in [0.1, 0.15) is 58.6 Å². The van der Waals surface area contributed by atoms with E-state index < -0.39 is 66.6 Å². The number of likely N-dealkylation sites (tertiary alicyclic amines) is 1. The number of aryl methyl sites for hydroxylation is 1. The first-order chi connectivity index (χ1) is 24.5. The predicted molar refractivity (Wildman–Crippen MR) is 183 cm³/mol. The molecule has 3 aromatic carbocycles. The number of carbonyl (C=O) groups is 6. The van der Waals surface area contributed by atoms with Crippen molar-refractivity contribution in [2.24, 2.45) is 0 Å². The number of ether oxygens (including phenoxy) is 1. The predicted octanol–water partition coefficient (Wildman–Crippen LogP) is 3.16. The van der Waals surface area contributed by atoms with E-state index in [4.69, 9.17) is 27.9 Å². The first-order valence-corrected chi connectivity index (χ1v) is 16.8. The molecule has 4 N–H and O–H groups in total. The van der Waals surface area contributed by atoms with Gasteiger partial charge in [-0.3, -0.25) is 24.0 Å². The first kappa shape index (κ1) is 36.9. The summed E-state index contributed by atoms with van der Waals surface area (Å²) in [4.78, 5) is 80.3. The molecule has 51 heavy (non-hydrogen) atoms. The third-order valence-electron chi connectivity index (χ3n) is 8.37. The number of tetrazole rings is 1. The number of fused-ring (bicyclic) bond motifs is 1. The maximum atomic E-state index is 14.2. The Bertz CT molecular complexity index is 1920. The lowest BCUT2D eigenvalue weighted by molar-refractivity contribution is -0.146. The monoisotopic (exact) mass is 737 g/mol. The number of esters is 1. The van der Waals surface area contributed by atoms with Gasteiger partial charge in [-0.25, -0.2) is 4.79 Å². The van der Waals surface area contributed by atoms with Gasteiger partial charge in [0.25, 0.3) is 5.91 Å². The number of amides is 3. The summed E-state index contributed by atoms with van der Waals surface area (Å²) in [5.41, 5.74) is 0.177. The zero-order chi connectivity index (χ0) is 36.5. The number of H-pyrrole nitrogens is 1. The van der Waals surface area contributed by atoms with E-state index in [1.807, 2.05) is 18.2 Å². The Labute approximate surface area is 301 Å². The van der Waals surface area contributed by atoms with Crippen LogP contribution in [0.2, 0.25) is 10.0 Å². The van der Waals surface area contributed by atoms with E-state index in [2.05, 4.69) is 31.3 Å². The molecule has 4 aromatic rings. The highest BCUT2D eigenvalue weighted by Gasteiger charge is 2.38. The lowest BCUT2D eigenvalue weighted by Gasteiger charge is -2.37. The van der Waals surface area contributed by atoms with Crippen LogP contribution < -0.4 is 10.6 Å². The van der Waals surface area contributed by atoms with Gasteiger partial charge in [-0.05, 0) is 54.7 Å². The van der Waals surface area contributed by atoms with Gasteiger partial charge in [0.05, 0.1) is 22.0 Å². The van der Waals surface area contributed by atoms with E-state index in [1.54, 1.807) is 24.3 Å². The zero-order valence-corrected chi connectivity index (χ0v) is 28.5. The molecule has 5 rings (SSSR count). The summed E-state index contributed by atoms with van der Waals surface area (Å²) in [7, 11) is 0. The summed E-state index contributed by atoms with van der Waals surface area (Å²) in [5.74, 6) is -4.84. The molecule has 0 saturated carbocycles. The number of halogens is 2. The number of aromatic amines is 1. The Kier molecular flexibility index (Phi) is 12.3. The van der Waals surface area contributed by atoms with Gasteiger partial charge >= 0.3 is 11.9 Å². The normalized spacial score (nSPS) is 15.4. The number of hydrogen-bond donors (Lipinski definition) is 4. The van der Waals surface area contributed by atoms with Crippen LogP contribution in [0.5, 0.6) is 0 Å². The van der Waals surface area contributed by atoms with E-state index in [0.717, 1.165) is 5.39 Å². The summed E-state index contributed by atoms with van der Waals surface area (Å²) in [6.45, 7) is -0.724. The Hall–Kier alpha value is -5.41. The number of nitrogens with one attached hydrogen (secondary N) is 3. The number of aromatic nitrogens is 4. The third kappa shape index (κ3) is 9.23. The molecule has 0 radical (unpaired) electrons. The number of Topliss-reactive ketones (excluding diaryl/α,β-unsaturated/α-hetero) is 1. The van der Waals surface area contributed by atoms with Crippen molar-refractivity contribution in [3.63, 3.8) is 0 Å². The van der Waals surface area contributed by atoms with E-state index in [-0.39, 0.29) is 41.4 Å². The molecule has 1 aromatic heterocycles. The number of hydrogen-bond acceptors (Lipinski definition) is 10. The number of carboxylic acid groups (broad SMARTS) is 1. The average molecular weight is 739 g/mol. The van der Waals surface area contributed by atoms with Crippen molar-refractivity contribution < 1.29 is 38.6 Å². The fourth-order valence-electron chi connectivity index (χ4n) is 5.84. The van der Waals surface area contributed by atoms with E-state index in [9.17, 15) is 33.9 Å². The Balaban J connectivity index is 1.32. The van der Waals surface area contributed by atoms with Crippen LogP contribution in [0.4, 0.5) is 0 Å². The zero-order valence-electron chi connectivity index (χ0n) is 27.0. The van der Waals surface area contributed by atoms with Gasteiger partial charge in [0.1, 0.15) is 18.1 Å². The van der Waals surface area contributed by atoms with Gasteiger partial charge in [0, 0.05) is 18.5 Å². The molecule has 1 aliphatic heterocycles. The summed E-state index contributed by atoms with van der Waals surface area (Å²) < 4.78 is 5.07. The fourth-order valence-corrected chi connectivity index (χ4v) is 6.39. The molecule has 17 heteroatoms. The number of nitrogens with zero attached hydrogens (tertiary/aromatic N) is 4. The minimum absolute atomic E-state index is 0.0127. The summed E-state index contributed by atoms with van der Waals surface area (Å²) in [6.07, 6.45) is 0.750. The van der Waals surface area contributed by atoms with Crippen LogP contribution in [0.25, 0.3) is 10.8 Å². The fraction of sp³-hybridized carbons (Fsp3) is 0.324. The van der Waals surface area contributed by atoms with Gasteiger partial charge in [-0.15, -0.1) is 10.2 Å². The van der Waals surface area contributed by atoms with Crippen molar-refractivity contribution in [3.05, 3.63) is 87.7 Å². The molecule has 0 spiro atoms. The molecule has 0 unspecified atom stereocenters. The molecule has 266 valence electrons. The second-order valence-electron chi connectivity index (χ2n) is 11.8. The van der Waals surface area contributed by atoms with Crippen LogP contribution in [0.15, 0.2) is 60.7 Å². The highest BCUT2D eigenvalue weighted by atomic mass is 35.5. The second-order valence-corrected chi connectivity index (χ2v) is 12.6. The quantitative estimate of drug-likeness (QED) is 0.138. The number of carboxylic acids is 1. The maximum absolute atomic E-state index is 14.2. The number of piperidine rings is 1. The standard InChI is InChI=1S/C34H33Cl2N7O8/c35-22-11-6-12-23(36)30(22)34(50)51-18-27(44)25(17-29(45)46)38-32(48)26-13-3-4-16-43(26)33(49)24(14-15-28-39-41-42-40-28)37-31(47)21-10-5-8-19-7-1-2-9-20(19)21/h1-2,5-12,24-26H,3-4,13-18H2,(H,37,47)(H,38,48)(H,45,46)(H,39,40,41,42)/t24-,25-,26-/m0/s1. The van der Waals surface area contributed by atoms with Crippen LogP contribution in [-0.4, -0.2) is 97.4 Å². The lowest BCUT2D eigenvalue weighted by atomic mass is 9.97. The topological polar surface area (TPSA) is 214 Å². The molecular weight excluding hydrogens is 705 g/mol. The summed E-state index contributed by atoms with van der Waals surface area (Å²) in [6, 6.07) is 13.1. The van der Waals surface area contributed by atoms with Gasteiger partial charge < -0.3 is 25.4 Å². The Morgan fingerprint density at radius 3 is 2.39 bits per heavy atom. The average Bonchev–Trinajstić information content (AvgIpc) is 3.65. The molecule has 1 fully saturated rings. The number of aliphatic carboxylic acids is 1. The van der Waals surface area contributed by atoms with Crippen LogP contribution in [0.3, 0.4) is 0 Å². The SMILES string of the molecule is O=C(O)C[C@H](NC(=O)[C@@H]1CCCCN1C(=O)[C@H](CCc1nn[nH]n1)NC(=O)c1cccc2ccccc12)C(=O)COC(=O)c1c(Cl)cccc1Cl. The molecule has 3 amide bonds. The number of ketones is 1. The van der Waals surface area contributed by atoms with Crippen molar-refractivity contribution in [3.8, 4) is 0 Å². The van der Waals surface area contributed by atoms with Crippen molar-refractivity contribution in [1.82, 2.24) is 36.2 Å². The van der Waals surface area contributed by atoms with E-state index >= 15 is 0 Å². The highest BCUT2D eigenvalue weighted by molar-refractivity contribution is 6.39. The second kappa shape index (κ2) is 17.0. The van der Waals surface area contributed by atoms with Gasteiger partial charge in [0.2, 0.25) is 11.8 Å². The molecule has 0 aliphatic carbocycles. The van der Waals surface area contributed by atoms with Crippen molar-refractivity contribution >= 4 is 69.4 Å². The summed E-state index contributed by atoms with van der Waals surface area (Å²) in [5, 5.41) is 30.0. The number of carbonyl (C=O) groups excluding carboxylic acids is 5. The molecule has 0 bridgehead atoms. The minimum atomic E-state index is -1.59. The highest BCUT2D eigenvalue weighted by Crippen LogP contribution is 2.25. The minimum Gasteiger partial charge on any atom is -0.481 e. The van der Waals surface area contributed by atoms with Crippen molar-refractivity contribution in [2.75, 3.05) is 13.2 Å². The Morgan fingerprint density at radius 1 is 0.941 bits per heavy atom. The molecule has 15 nitrogen and oxygen atoms in total. The number of rotatable bonds is 14. The first-order valence-electron chi connectivity index (χ1n) is 16.0. The van der Waals surface area contributed by atoms with Gasteiger partial charge in [0.15, 0.2) is 18.2 Å². The van der Waals surface area contributed by atoms with Gasteiger partial charge in [-0.2, -0.15) is 5.21 Å². The molecule has 1 aliphatic rings. The summed E-state index contributed by atoms with van der Waals surface area (Å²) >= 11 is 12.1. The number of benzene rings is 3. The van der Waals surface area contributed by atoms with E-state index in [1.165, 1.54) is 23.1 Å². The molecule has 3 atom stereocenters. The molecule has 1 saturated heterocycles. The smallest absolute Gasteiger partial charge is 0.341 e. The van der Waals surface area contributed by atoms with Crippen LogP contribution in [0, 0.1) is 0 Å². The lowest BCUT2D eigenvalue weighted by Crippen LogP contribution is -2.59. The molecule has 2 heterocycles. The molecular formula is C34H33Cl2N7O8. The van der Waals surface area contributed by atoms with Gasteiger partial charge in [-0.1, -0.05) is 70.9 Å². The third-order valence-corrected chi connectivity index (χ3v) is 9.00. The largest absolute Gasteiger partial charge is 0.481 e. The van der Waals surface area contributed by atoms with Crippen molar-refractivity contribution in [1.29, 1.82) is 0 Å². The van der Waals surface area contributed by atoms with E-state index in [0.29, 0.717) is 29.6 Å².